The minimum Gasteiger partial charge on any atom is -0.475 e. The maximum atomic E-state index is 12.6. The predicted molar refractivity (Wildman–Crippen MR) is 109 cm³/mol. The van der Waals surface area contributed by atoms with Crippen LogP contribution < -0.4 is 0 Å². The molecule has 28 heavy (non-hydrogen) atoms. The quantitative estimate of drug-likeness (QED) is 0.542. The Morgan fingerprint density at radius 1 is 1.04 bits per heavy atom. The van der Waals surface area contributed by atoms with Crippen molar-refractivity contribution in [2.45, 2.75) is 32.4 Å². The molecule has 1 aliphatic heterocycles. The number of ketones is 1. The van der Waals surface area contributed by atoms with Gasteiger partial charge in [0.25, 0.3) is 5.78 Å². The first-order chi connectivity index (χ1) is 13.6. The molecule has 5 nitrogen and oxygen atoms in total. The van der Waals surface area contributed by atoms with Crippen LogP contribution in [-0.2, 0) is 17.9 Å². The van der Waals surface area contributed by atoms with E-state index in [1.807, 2.05) is 42.5 Å². The second-order valence-electron chi connectivity index (χ2n) is 7.39. The Morgan fingerprint density at radius 3 is 2.46 bits per heavy atom. The summed E-state index contributed by atoms with van der Waals surface area (Å²) in [5, 5.41) is 10.2. The second kappa shape index (κ2) is 7.60. The van der Waals surface area contributed by atoms with E-state index in [1.165, 1.54) is 5.56 Å². The summed E-state index contributed by atoms with van der Waals surface area (Å²) in [6, 6.07) is 18.0. The third-order valence-electron chi connectivity index (χ3n) is 5.68. The summed E-state index contributed by atoms with van der Waals surface area (Å²) in [5.41, 5.74) is 3.46. The van der Waals surface area contributed by atoms with Gasteiger partial charge in [0.2, 0.25) is 0 Å². The number of benzene rings is 2. The molecule has 0 amide bonds. The molecule has 1 atom stereocenters. The lowest BCUT2D eigenvalue weighted by molar-refractivity contribution is -0.131. The Balaban J connectivity index is 1.78. The molecule has 2 aromatic carbocycles. The average Bonchev–Trinajstić information content (AvgIpc) is 2.93. The molecular formula is C23H24N2O3. The van der Waals surface area contributed by atoms with Gasteiger partial charge in [0.1, 0.15) is 0 Å². The molecular weight excluding hydrogens is 352 g/mol. The van der Waals surface area contributed by atoms with E-state index in [9.17, 15) is 14.7 Å². The first-order valence-electron chi connectivity index (χ1n) is 9.75. The zero-order valence-electron chi connectivity index (χ0n) is 16.0. The maximum Gasteiger partial charge on any atom is 0.377 e. The lowest BCUT2D eigenvalue weighted by Gasteiger charge is -2.24. The number of carboxylic acid groups (broad SMARTS) is 1. The normalized spacial score (nSPS) is 17.2. The van der Waals surface area contributed by atoms with Crippen molar-refractivity contribution in [3.05, 3.63) is 71.4 Å². The Labute approximate surface area is 164 Å². The van der Waals surface area contributed by atoms with Crippen molar-refractivity contribution in [1.82, 2.24) is 9.47 Å². The van der Waals surface area contributed by atoms with Gasteiger partial charge in [-0.05, 0) is 18.1 Å². The number of carboxylic acids is 1. The number of carbonyl (C=O) groups excluding carboxylic acids is 1. The molecule has 1 aliphatic rings. The zero-order chi connectivity index (χ0) is 19.7. The Bertz CT molecular complexity index is 1020. The molecule has 0 saturated heterocycles. The van der Waals surface area contributed by atoms with E-state index in [1.54, 1.807) is 0 Å². The third-order valence-corrected chi connectivity index (χ3v) is 5.68. The van der Waals surface area contributed by atoms with Gasteiger partial charge in [-0.25, -0.2) is 4.79 Å². The summed E-state index contributed by atoms with van der Waals surface area (Å²) in [6.07, 6.45) is 0.849. The number of fused-ring (bicyclic) bond motifs is 3. The van der Waals surface area contributed by atoms with Crippen molar-refractivity contribution in [3.8, 4) is 0 Å². The maximum absolute atomic E-state index is 12.6. The molecule has 144 valence electrons. The molecule has 0 bridgehead atoms. The van der Waals surface area contributed by atoms with Gasteiger partial charge in [0, 0.05) is 48.7 Å². The first kappa shape index (κ1) is 18.4. The second-order valence-corrected chi connectivity index (χ2v) is 7.39. The average molecular weight is 376 g/mol. The van der Waals surface area contributed by atoms with Crippen LogP contribution in [0.25, 0.3) is 10.9 Å². The van der Waals surface area contributed by atoms with Crippen LogP contribution in [-0.4, -0.2) is 39.4 Å². The van der Waals surface area contributed by atoms with Crippen molar-refractivity contribution < 1.29 is 14.7 Å². The van der Waals surface area contributed by atoms with Crippen LogP contribution in [0.2, 0.25) is 0 Å². The number of aromatic nitrogens is 1. The van der Waals surface area contributed by atoms with Gasteiger partial charge in [-0.2, -0.15) is 0 Å². The summed E-state index contributed by atoms with van der Waals surface area (Å²) in [5.74, 6) is -2.09. The highest BCUT2D eigenvalue weighted by molar-refractivity contribution is 6.42. The molecule has 0 saturated carbocycles. The van der Waals surface area contributed by atoms with E-state index in [4.69, 9.17) is 0 Å². The predicted octanol–water partition coefficient (Wildman–Crippen LogP) is 3.92. The highest BCUT2D eigenvalue weighted by Gasteiger charge is 2.32. The van der Waals surface area contributed by atoms with Gasteiger partial charge in [-0.3, -0.25) is 9.69 Å². The highest BCUT2D eigenvalue weighted by Crippen LogP contribution is 2.35. The van der Waals surface area contributed by atoms with E-state index in [2.05, 4.69) is 28.5 Å². The number of aliphatic carboxylic acids is 1. The topological polar surface area (TPSA) is 62.5 Å². The highest BCUT2D eigenvalue weighted by atomic mass is 16.4. The van der Waals surface area contributed by atoms with Crippen LogP contribution in [0.3, 0.4) is 0 Å². The number of nitrogens with zero attached hydrogens (tertiary/aromatic N) is 2. The minimum absolute atomic E-state index is 0.108. The molecule has 5 heteroatoms. The lowest BCUT2D eigenvalue weighted by Crippen LogP contribution is -2.28. The fourth-order valence-corrected chi connectivity index (χ4v) is 4.37. The molecule has 0 fully saturated rings. The SMILES string of the molecule is CCC1CN(Cc2ccccc2)CCn2c1c(C(=O)C(=O)O)c1ccccc12. The fraction of sp³-hybridized carbons (Fsp3) is 0.304. The summed E-state index contributed by atoms with van der Waals surface area (Å²) in [6.45, 7) is 5.36. The monoisotopic (exact) mass is 376 g/mol. The van der Waals surface area contributed by atoms with E-state index < -0.39 is 11.8 Å². The van der Waals surface area contributed by atoms with Crippen LogP contribution in [0.4, 0.5) is 0 Å². The molecule has 0 radical (unpaired) electrons. The molecule has 1 N–H and O–H groups in total. The third kappa shape index (κ3) is 3.22. The summed E-state index contributed by atoms with van der Waals surface area (Å²) >= 11 is 0. The fourth-order valence-electron chi connectivity index (χ4n) is 4.37. The Kier molecular flexibility index (Phi) is 5.01. The lowest BCUT2D eigenvalue weighted by atomic mass is 9.95. The zero-order valence-corrected chi connectivity index (χ0v) is 16.0. The number of Topliss-reactive ketones (excluding diaryl/α,β-unsaturated/α-hetero) is 1. The minimum atomic E-state index is -1.39. The smallest absolute Gasteiger partial charge is 0.377 e. The summed E-state index contributed by atoms with van der Waals surface area (Å²) in [7, 11) is 0. The van der Waals surface area contributed by atoms with Gasteiger partial charge in [0.05, 0.1) is 5.56 Å². The van der Waals surface area contributed by atoms with Gasteiger partial charge >= 0.3 is 5.97 Å². The van der Waals surface area contributed by atoms with Gasteiger partial charge in [0.15, 0.2) is 0 Å². The van der Waals surface area contributed by atoms with Crippen molar-refractivity contribution in [2.75, 3.05) is 13.1 Å². The molecule has 3 aromatic rings. The first-order valence-corrected chi connectivity index (χ1v) is 9.75. The number of para-hydroxylation sites is 1. The number of hydrogen-bond donors (Lipinski definition) is 1. The van der Waals surface area contributed by atoms with Crippen molar-refractivity contribution in [1.29, 1.82) is 0 Å². The Hall–Kier alpha value is -2.92. The van der Waals surface area contributed by atoms with Crippen LogP contribution >= 0.6 is 0 Å². The molecule has 4 rings (SSSR count). The largest absolute Gasteiger partial charge is 0.475 e. The molecule has 0 aliphatic carbocycles. The van der Waals surface area contributed by atoms with Crippen LogP contribution in [0, 0.1) is 0 Å². The molecule has 1 aromatic heterocycles. The standard InChI is InChI=1S/C23H24N2O3/c1-2-17-15-24(14-16-8-4-3-5-9-16)12-13-25-19-11-7-6-10-18(19)20(21(17)25)22(26)23(27)28/h3-11,17H,2,12-15H2,1H3,(H,27,28). The number of rotatable bonds is 5. The molecule has 0 spiro atoms. The number of hydrogen-bond acceptors (Lipinski definition) is 3. The van der Waals surface area contributed by atoms with E-state index in [0.717, 1.165) is 49.2 Å². The van der Waals surface area contributed by atoms with E-state index >= 15 is 0 Å². The van der Waals surface area contributed by atoms with Gasteiger partial charge in [-0.15, -0.1) is 0 Å². The van der Waals surface area contributed by atoms with Crippen LogP contribution in [0.1, 0.15) is 40.9 Å². The van der Waals surface area contributed by atoms with Crippen molar-refractivity contribution >= 4 is 22.7 Å². The molecule has 2 heterocycles. The van der Waals surface area contributed by atoms with Crippen molar-refractivity contribution in [3.63, 3.8) is 0 Å². The van der Waals surface area contributed by atoms with Gasteiger partial charge in [-0.1, -0.05) is 55.5 Å². The molecule has 1 unspecified atom stereocenters. The van der Waals surface area contributed by atoms with E-state index in [0.29, 0.717) is 5.56 Å². The Morgan fingerprint density at radius 2 is 1.75 bits per heavy atom. The summed E-state index contributed by atoms with van der Waals surface area (Å²) in [4.78, 5) is 26.6. The van der Waals surface area contributed by atoms with Crippen LogP contribution in [0.15, 0.2) is 54.6 Å². The summed E-state index contributed by atoms with van der Waals surface area (Å²) < 4.78 is 2.17. The number of carbonyl (C=O) groups is 2. The van der Waals surface area contributed by atoms with E-state index in [-0.39, 0.29) is 5.92 Å². The van der Waals surface area contributed by atoms with Crippen LogP contribution in [0.5, 0.6) is 0 Å². The van der Waals surface area contributed by atoms with Crippen molar-refractivity contribution in [2.24, 2.45) is 0 Å². The van der Waals surface area contributed by atoms with Gasteiger partial charge < -0.3 is 9.67 Å².